The highest BCUT2D eigenvalue weighted by molar-refractivity contribution is 5.97. The number of rotatable bonds is 9. The van der Waals surface area contributed by atoms with Crippen molar-refractivity contribution in [2.24, 2.45) is 11.8 Å². The van der Waals surface area contributed by atoms with Crippen molar-refractivity contribution in [2.45, 2.75) is 39.9 Å². The first-order chi connectivity index (χ1) is 15.1. The van der Waals surface area contributed by atoms with Crippen LogP contribution in [0.3, 0.4) is 0 Å². The van der Waals surface area contributed by atoms with Crippen LogP contribution in [0.5, 0.6) is 5.75 Å². The monoisotopic (exact) mass is 451 g/mol. The number of carbonyl (C=O) groups excluding carboxylic acids is 2. The molecule has 1 N–H and O–H groups in total. The molecule has 32 heavy (non-hydrogen) atoms. The third-order valence-electron chi connectivity index (χ3n) is 5.09. The fraction of sp³-hybridized carbons (Fsp3) is 0.417. The molecule has 0 saturated carbocycles. The Balaban J connectivity index is 2.15. The molecule has 0 radical (unpaired) electrons. The van der Waals surface area contributed by atoms with E-state index in [1.807, 2.05) is 13.8 Å². The van der Waals surface area contributed by atoms with Crippen LogP contribution in [0.2, 0.25) is 0 Å². The van der Waals surface area contributed by atoms with E-state index in [1.165, 1.54) is 19.2 Å². The first kappa shape index (κ1) is 25.2. The molecule has 0 aliphatic rings. The highest BCUT2D eigenvalue weighted by Crippen LogP contribution is 2.29. The number of nitrogens with one attached hydrogen (secondary N) is 1. The quantitative estimate of drug-likeness (QED) is 0.544. The summed E-state index contributed by atoms with van der Waals surface area (Å²) >= 11 is 0. The number of hydrogen-bond acceptors (Lipinski definition) is 4. The third-order valence-corrected chi connectivity index (χ3v) is 5.09. The summed E-state index contributed by atoms with van der Waals surface area (Å²) in [6.45, 7) is 5.97. The van der Waals surface area contributed by atoms with Gasteiger partial charge in [-0.15, -0.1) is 0 Å². The van der Waals surface area contributed by atoms with Gasteiger partial charge in [-0.3, -0.25) is 9.59 Å². The maximum atomic E-state index is 12.8. The standard InChI is InChI=1S/C24H28F3NO4/c1-5-32-23(30)19(15(2)3)12-17-8-11-21(31-4)20(13-17)22(29)28-14-16-6-9-18(10-7-16)24(25,26)27/h6-11,13,15,19H,5,12,14H2,1-4H3,(H,28,29). The average molecular weight is 451 g/mol. The number of alkyl halides is 3. The molecule has 5 nitrogen and oxygen atoms in total. The first-order valence-corrected chi connectivity index (χ1v) is 10.3. The highest BCUT2D eigenvalue weighted by Gasteiger charge is 2.30. The molecule has 1 amide bonds. The summed E-state index contributed by atoms with van der Waals surface area (Å²) in [6, 6.07) is 9.71. The van der Waals surface area contributed by atoms with Crippen molar-refractivity contribution in [3.05, 3.63) is 64.7 Å². The molecule has 0 aromatic heterocycles. The van der Waals surface area contributed by atoms with Crippen LogP contribution < -0.4 is 10.1 Å². The van der Waals surface area contributed by atoms with Gasteiger partial charge in [0.2, 0.25) is 0 Å². The SMILES string of the molecule is CCOC(=O)C(Cc1ccc(OC)c(C(=O)NCc2ccc(C(F)(F)F)cc2)c1)C(C)C. The minimum absolute atomic E-state index is 0.0492. The lowest BCUT2D eigenvalue weighted by atomic mass is 9.88. The van der Waals surface area contributed by atoms with Gasteiger partial charge >= 0.3 is 12.1 Å². The lowest BCUT2D eigenvalue weighted by molar-refractivity contribution is -0.149. The maximum Gasteiger partial charge on any atom is 0.416 e. The van der Waals surface area contributed by atoms with Crippen molar-refractivity contribution in [3.8, 4) is 5.75 Å². The number of carbonyl (C=O) groups is 2. The van der Waals surface area contributed by atoms with E-state index >= 15 is 0 Å². The first-order valence-electron chi connectivity index (χ1n) is 10.3. The molecule has 1 unspecified atom stereocenters. The van der Waals surface area contributed by atoms with Crippen LogP contribution in [0.25, 0.3) is 0 Å². The molecule has 0 fully saturated rings. The van der Waals surface area contributed by atoms with Crippen molar-refractivity contribution >= 4 is 11.9 Å². The topological polar surface area (TPSA) is 64.6 Å². The second-order valence-corrected chi connectivity index (χ2v) is 7.72. The van der Waals surface area contributed by atoms with Gasteiger partial charge in [0.1, 0.15) is 5.75 Å². The summed E-state index contributed by atoms with van der Waals surface area (Å²) in [4.78, 5) is 25.0. The van der Waals surface area contributed by atoms with E-state index in [2.05, 4.69) is 5.32 Å². The molecule has 2 aromatic carbocycles. The molecule has 0 spiro atoms. The lowest BCUT2D eigenvalue weighted by Crippen LogP contribution is -2.26. The second-order valence-electron chi connectivity index (χ2n) is 7.72. The summed E-state index contributed by atoms with van der Waals surface area (Å²) in [5.41, 5.74) is 0.840. The molecule has 0 heterocycles. The van der Waals surface area contributed by atoms with Crippen molar-refractivity contribution in [2.75, 3.05) is 13.7 Å². The van der Waals surface area contributed by atoms with Gasteiger partial charge in [-0.2, -0.15) is 13.2 Å². The Labute approximate surface area is 185 Å². The largest absolute Gasteiger partial charge is 0.496 e. The van der Waals surface area contributed by atoms with E-state index in [0.717, 1.165) is 17.7 Å². The minimum atomic E-state index is -4.41. The molecule has 8 heteroatoms. The molecular weight excluding hydrogens is 423 g/mol. The zero-order chi connectivity index (χ0) is 23.9. The van der Waals surface area contributed by atoms with Crippen LogP contribution in [0, 0.1) is 11.8 Å². The van der Waals surface area contributed by atoms with Gasteiger partial charge in [0.25, 0.3) is 5.91 Å². The molecule has 0 saturated heterocycles. The molecule has 2 rings (SSSR count). The Hall–Kier alpha value is -3.03. The summed E-state index contributed by atoms with van der Waals surface area (Å²) in [5, 5.41) is 2.70. The van der Waals surface area contributed by atoms with Gasteiger partial charge < -0.3 is 14.8 Å². The Morgan fingerprint density at radius 1 is 1.03 bits per heavy atom. The smallest absolute Gasteiger partial charge is 0.416 e. The summed E-state index contributed by atoms with van der Waals surface area (Å²) in [5.74, 6) is -0.664. The van der Waals surface area contributed by atoms with E-state index in [9.17, 15) is 22.8 Å². The number of hydrogen-bond donors (Lipinski definition) is 1. The molecule has 0 bridgehead atoms. The van der Waals surface area contributed by atoms with Crippen LogP contribution in [0.1, 0.15) is 47.8 Å². The zero-order valence-electron chi connectivity index (χ0n) is 18.6. The summed E-state index contributed by atoms with van der Waals surface area (Å²) in [7, 11) is 1.44. The third kappa shape index (κ3) is 6.73. The van der Waals surface area contributed by atoms with Gasteiger partial charge in [-0.1, -0.05) is 32.0 Å². The fourth-order valence-corrected chi connectivity index (χ4v) is 3.24. The number of amides is 1. The predicted molar refractivity (Wildman–Crippen MR) is 114 cm³/mol. The van der Waals surface area contributed by atoms with E-state index in [0.29, 0.717) is 24.3 Å². The fourth-order valence-electron chi connectivity index (χ4n) is 3.24. The number of ether oxygens (including phenoxy) is 2. The average Bonchev–Trinajstić information content (AvgIpc) is 2.75. The Morgan fingerprint density at radius 3 is 2.19 bits per heavy atom. The number of halogens is 3. The van der Waals surface area contributed by atoms with Crippen LogP contribution in [-0.2, 0) is 28.7 Å². The molecule has 2 aromatic rings. The van der Waals surface area contributed by atoms with Gasteiger partial charge in [0.05, 0.1) is 30.8 Å². The Bertz CT molecular complexity index is 924. The highest BCUT2D eigenvalue weighted by atomic mass is 19.4. The predicted octanol–water partition coefficient (Wildman–Crippen LogP) is 5.02. The van der Waals surface area contributed by atoms with Crippen molar-refractivity contribution in [1.82, 2.24) is 5.32 Å². The normalized spacial score (nSPS) is 12.4. The van der Waals surface area contributed by atoms with Gasteiger partial charge in [-0.05, 0) is 54.7 Å². The molecule has 1 atom stereocenters. The Morgan fingerprint density at radius 2 is 1.66 bits per heavy atom. The molecule has 174 valence electrons. The number of esters is 1. The molecule has 0 aliphatic heterocycles. The van der Waals surface area contributed by atoms with E-state index in [-0.39, 0.29) is 29.9 Å². The van der Waals surface area contributed by atoms with Crippen molar-refractivity contribution in [1.29, 1.82) is 0 Å². The van der Waals surface area contributed by atoms with Crippen LogP contribution >= 0.6 is 0 Å². The summed E-state index contributed by atoms with van der Waals surface area (Å²) < 4.78 is 48.5. The number of methoxy groups -OCH3 is 1. The molecule has 0 aliphatic carbocycles. The Kier molecular flexibility index (Phi) is 8.69. The maximum absolute atomic E-state index is 12.8. The van der Waals surface area contributed by atoms with Gasteiger partial charge in [0.15, 0.2) is 0 Å². The number of benzene rings is 2. The van der Waals surface area contributed by atoms with Crippen molar-refractivity contribution < 1.29 is 32.2 Å². The zero-order valence-corrected chi connectivity index (χ0v) is 18.6. The minimum Gasteiger partial charge on any atom is -0.496 e. The second kappa shape index (κ2) is 11.0. The molecular formula is C24H28F3NO4. The van der Waals surface area contributed by atoms with Gasteiger partial charge in [0, 0.05) is 6.54 Å². The van der Waals surface area contributed by atoms with Crippen LogP contribution in [-0.4, -0.2) is 25.6 Å². The summed E-state index contributed by atoms with van der Waals surface area (Å²) in [6.07, 6.45) is -4.01. The van der Waals surface area contributed by atoms with Crippen LogP contribution in [0.4, 0.5) is 13.2 Å². The van der Waals surface area contributed by atoms with E-state index < -0.39 is 17.6 Å². The van der Waals surface area contributed by atoms with Gasteiger partial charge in [-0.25, -0.2) is 0 Å². The van der Waals surface area contributed by atoms with Crippen LogP contribution in [0.15, 0.2) is 42.5 Å². The lowest BCUT2D eigenvalue weighted by Gasteiger charge is -2.20. The van der Waals surface area contributed by atoms with E-state index in [4.69, 9.17) is 9.47 Å². The van der Waals surface area contributed by atoms with E-state index in [1.54, 1.807) is 25.1 Å². The van der Waals surface area contributed by atoms with Crippen molar-refractivity contribution in [3.63, 3.8) is 0 Å².